The third-order valence-corrected chi connectivity index (χ3v) is 3.92. The molecule has 88 valence electrons. The molecule has 1 aromatic carbocycles. The number of rotatable bonds is 3. The molecular weight excluding hydrogens is 234 g/mol. The van der Waals surface area contributed by atoms with Crippen LogP contribution in [0.15, 0.2) is 24.3 Å². The van der Waals surface area contributed by atoms with E-state index in [0.29, 0.717) is 0 Å². The number of carbonyl (C=O) groups excluding carboxylic acids is 1. The summed E-state index contributed by atoms with van der Waals surface area (Å²) < 4.78 is 2.13. The Morgan fingerprint density at radius 3 is 2.82 bits per heavy atom. The summed E-state index contributed by atoms with van der Waals surface area (Å²) in [6.07, 6.45) is 4.83. The van der Waals surface area contributed by atoms with E-state index in [1.165, 1.54) is 19.3 Å². The topological polar surface area (TPSA) is 22.0 Å². The van der Waals surface area contributed by atoms with Gasteiger partial charge in [0.25, 0.3) is 0 Å². The van der Waals surface area contributed by atoms with E-state index in [1.807, 2.05) is 24.3 Å². The van der Waals surface area contributed by atoms with Crippen molar-refractivity contribution in [1.82, 2.24) is 4.57 Å². The summed E-state index contributed by atoms with van der Waals surface area (Å²) in [5.74, 6) is 0.736. The Bertz CT molecular complexity index is 569. The lowest BCUT2D eigenvalue weighted by atomic mass is 9.85. The van der Waals surface area contributed by atoms with Crippen LogP contribution in [0.3, 0.4) is 0 Å². The Balaban J connectivity index is 2.08. The van der Waals surface area contributed by atoms with E-state index in [1.54, 1.807) is 0 Å². The van der Waals surface area contributed by atoms with Gasteiger partial charge in [-0.15, -0.1) is 0 Å². The van der Waals surface area contributed by atoms with Gasteiger partial charge in [-0.25, -0.2) is 0 Å². The van der Waals surface area contributed by atoms with Crippen LogP contribution in [0.1, 0.15) is 29.8 Å². The molecule has 0 unspecified atom stereocenters. The molecule has 0 amide bonds. The van der Waals surface area contributed by atoms with Crippen molar-refractivity contribution in [2.24, 2.45) is 5.92 Å². The van der Waals surface area contributed by atoms with Crippen LogP contribution in [-0.2, 0) is 6.54 Å². The largest absolute Gasteiger partial charge is 0.338 e. The van der Waals surface area contributed by atoms with E-state index < -0.39 is 0 Å². The molecule has 0 bridgehead atoms. The van der Waals surface area contributed by atoms with Crippen LogP contribution >= 0.6 is 11.6 Å². The maximum atomic E-state index is 11.1. The van der Waals surface area contributed by atoms with Gasteiger partial charge < -0.3 is 4.57 Å². The number of halogens is 1. The van der Waals surface area contributed by atoms with E-state index in [9.17, 15) is 4.79 Å². The average molecular weight is 248 g/mol. The predicted molar refractivity (Wildman–Crippen MR) is 69.7 cm³/mol. The lowest BCUT2D eigenvalue weighted by Crippen LogP contribution is -2.19. The summed E-state index contributed by atoms with van der Waals surface area (Å²) in [5, 5.41) is 1.77. The minimum absolute atomic E-state index is 0.718. The smallest absolute Gasteiger partial charge is 0.166 e. The van der Waals surface area contributed by atoms with Gasteiger partial charge in [-0.05, 0) is 43.0 Å². The van der Waals surface area contributed by atoms with E-state index in [4.69, 9.17) is 11.6 Å². The van der Waals surface area contributed by atoms with Gasteiger partial charge >= 0.3 is 0 Å². The third kappa shape index (κ3) is 1.87. The van der Waals surface area contributed by atoms with Crippen molar-refractivity contribution in [2.45, 2.75) is 25.8 Å². The Morgan fingerprint density at radius 1 is 1.35 bits per heavy atom. The second kappa shape index (κ2) is 4.19. The molecule has 17 heavy (non-hydrogen) atoms. The summed E-state index contributed by atoms with van der Waals surface area (Å²) in [6.45, 7) is 0.958. The molecule has 2 nitrogen and oxygen atoms in total. The quantitative estimate of drug-likeness (QED) is 0.754. The molecule has 0 N–H and O–H groups in total. The van der Waals surface area contributed by atoms with Crippen LogP contribution in [0.4, 0.5) is 0 Å². The maximum absolute atomic E-state index is 11.1. The molecular formula is C14H14ClNO. The molecule has 1 heterocycles. The summed E-state index contributed by atoms with van der Waals surface area (Å²) in [6, 6.07) is 7.73. The van der Waals surface area contributed by atoms with Crippen molar-refractivity contribution >= 4 is 28.8 Å². The van der Waals surface area contributed by atoms with E-state index >= 15 is 0 Å². The Morgan fingerprint density at radius 2 is 2.18 bits per heavy atom. The molecule has 1 fully saturated rings. The zero-order valence-electron chi connectivity index (χ0n) is 9.53. The van der Waals surface area contributed by atoms with Gasteiger partial charge in [0, 0.05) is 22.5 Å². The number of aromatic nitrogens is 1. The molecule has 0 radical (unpaired) electrons. The maximum Gasteiger partial charge on any atom is 0.166 e. The van der Waals surface area contributed by atoms with E-state index in [0.717, 1.165) is 40.4 Å². The number of nitrogens with zero attached hydrogens (tertiary/aromatic N) is 1. The van der Waals surface area contributed by atoms with Crippen molar-refractivity contribution in [2.75, 3.05) is 0 Å². The van der Waals surface area contributed by atoms with Crippen LogP contribution in [0.2, 0.25) is 5.02 Å². The van der Waals surface area contributed by atoms with Crippen molar-refractivity contribution < 1.29 is 4.79 Å². The molecule has 2 aromatic rings. The van der Waals surface area contributed by atoms with Crippen molar-refractivity contribution in [3.05, 3.63) is 35.0 Å². The first-order chi connectivity index (χ1) is 8.28. The third-order valence-electron chi connectivity index (χ3n) is 3.68. The summed E-state index contributed by atoms with van der Waals surface area (Å²) in [7, 11) is 0. The van der Waals surface area contributed by atoms with Crippen LogP contribution < -0.4 is 0 Å². The normalized spacial score (nSPS) is 16.1. The van der Waals surface area contributed by atoms with Gasteiger partial charge in [0.2, 0.25) is 0 Å². The second-order valence-electron chi connectivity index (χ2n) is 4.80. The first kappa shape index (κ1) is 10.8. The fourth-order valence-electron chi connectivity index (χ4n) is 2.50. The molecule has 0 aliphatic heterocycles. The average Bonchev–Trinajstić information content (AvgIpc) is 2.60. The fraction of sp³-hybridized carbons (Fsp3) is 0.357. The number of fused-ring (bicyclic) bond motifs is 1. The standard InChI is InChI=1S/C14H14ClNO/c15-12-4-5-14-11(6-12)7-13(9-17)16(14)8-10-2-1-3-10/h4-7,9-10H,1-3,8H2. The zero-order valence-corrected chi connectivity index (χ0v) is 10.3. The van der Waals surface area contributed by atoms with Crippen LogP contribution in [0.25, 0.3) is 10.9 Å². The number of carbonyl (C=O) groups is 1. The molecule has 1 aliphatic carbocycles. The molecule has 0 saturated heterocycles. The number of hydrogen-bond acceptors (Lipinski definition) is 1. The highest BCUT2D eigenvalue weighted by molar-refractivity contribution is 6.31. The summed E-state index contributed by atoms with van der Waals surface area (Å²) in [5.41, 5.74) is 1.87. The van der Waals surface area contributed by atoms with Gasteiger partial charge in [0.15, 0.2) is 6.29 Å². The predicted octanol–water partition coefficient (Wildman–Crippen LogP) is 3.91. The highest BCUT2D eigenvalue weighted by Crippen LogP contribution is 2.31. The number of hydrogen-bond donors (Lipinski definition) is 0. The van der Waals surface area contributed by atoms with Gasteiger partial charge in [-0.2, -0.15) is 0 Å². The lowest BCUT2D eigenvalue weighted by Gasteiger charge is -2.26. The van der Waals surface area contributed by atoms with E-state index in [-0.39, 0.29) is 0 Å². The monoisotopic (exact) mass is 247 g/mol. The Kier molecular flexibility index (Phi) is 2.67. The van der Waals surface area contributed by atoms with Crippen molar-refractivity contribution in [3.63, 3.8) is 0 Å². The first-order valence-corrected chi connectivity index (χ1v) is 6.39. The van der Waals surface area contributed by atoms with E-state index in [2.05, 4.69) is 4.57 Å². The van der Waals surface area contributed by atoms with Gasteiger partial charge in [-0.1, -0.05) is 18.0 Å². The van der Waals surface area contributed by atoms with Crippen LogP contribution in [-0.4, -0.2) is 10.9 Å². The summed E-state index contributed by atoms with van der Waals surface area (Å²) in [4.78, 5) is 11.1. The fourth-order valence-corrected chi connectivity index (χ4v) is 2.68. The van der Waals surface area contributed by atoms with Crippen LogP contribution in [0.5, 0.6) is 0 Å². The van der Waals surface area contributed by atoms with Crippen molar-refractivity contribution in [1.29, 1.82) is 0 Å². The molecule has 3 rings (SSSR count). The first-order valence-electron chi connectivity index (χ1n) is 6.02. The minimum Gasteiger partial charge on any atom is -0.338 e. The molecule has 3 heteroatoms. The van der Waals surface area contributed by atoms with Gasteiger partial charge in [-0.3, -0.25) is 4.79 Å². The number of aldehydes is 1. The molecule has 1 aliphatic rings. The van der Waals surface area contributed by atoms with Crippen molar-refractivity contribution in [3.8, 4) is 0 Å². The molecule has 0 spiro atoms. The molecule has 0 atom stereocenters. The van der Waals surface area contributed by atoms with Gasteiger partial charge in [0.05, 0.1) is 5.69 Å². The lowest BCUT2D eigenvalue weighted by molar-refractivity contribution is 0.111. The Hall–Kier alpha value is -1.28. The van der Waals surface area contributed by atoms with Gasteiger partial charge in [0.1, 0.15) is 0 Å². The zero-order chi connectivity index (χ0) is 11.8. The molecule has 1 saturated carbocycles. The number of benzene rings is 1. The highest BCUT2D eigenvalue weighted by atomic mass is 35.5. The summed E-state index contributed by atoms with van der Waals surface area (Å²) >= 11 is 5.97. The molecule has 1 aromatic heterocycles. The SMILES string of the molecule is O=Cc1cc2cc(Cl)ccc2n1CC1CCC1. The second-order valence-corrected chi connectivity index (χ2v) is 5.23. The van der Waals surface area contributed by atoms with Crippen LogP contribution in [0, 0.1) is 5.92 Å². The minimum atomic E-state index is 0.718. The Labute approximate surface area is 105 Å². The highest BCUT2D eigenvalue weighted by Gasteiger charge is 2.20.